The Morgan fingerprint density at radius 3 is 2.50 bits per heavy atom. The van der Waals surface area contributed by atoms with Gasteiger partial charge in [-0.15, -0.1) is 0 Å². The summed E-state index contributed by atoms with van der Waals surface area (Å²) in [5, 5.41) is 6.32. The van der Waals surface area contributed by atoms with Crippen molar-refractivity contribution in [1.82, 2.24) is 15.5 Å². The summed E-state index contributed by atoms with van der Waals surface area (Å²) in [6.45, 7) is 4.78. The second-order valence-electron chi connectivity index (χ2n) is 6.30. The fourth-order valence-corrected chi connectivity index (χ4v) is 2.90. The Labute approximate surface area is 155 Å². The quantitative estimate of drug-likeness (QED) is 0.690. The molecule has 7 nitrogen and oxygen atoms in total. The van der Waals surface area contributed by atoms with Gasteiger partial charge in [0.2, 0.25) is 5.91 Å². The van der Waals surface area contributed by atoms with Crippen LogP contribution in [-0.2, 0) is 16.1 Å². The Morgan fingerprint density at radius 1 is 1.19 bits per heavy atom. The van der Waals surface area contributed by atoms with Gasteiger partial charge in [-0.05, 0) is 37.5 Å². The van der Waals surface area contributed by atoms with Crippen molar-refractivity contribution in [1.29, 1.82) is 0 Å². The fourth-order valence-electron chi connectivity index (χ4n) is 2.90. The Balaban J connectivity index is 1.58. The van der Waals surface area contributed by atoms with E-state index in [2.05, 4.69) is 10.6 Å². The maximum Gasteiger partial charge on any atom is 0.409 e. The van der Waals surface area contributed by atoms with E-state index in [1.54, 1.807) is 18.9 Å². The lowest BCUT2D eigenvalue weighted by atomic mass is 10.1. The van der Waals surface area contributed by atoms with Crippen LogP contribution in [0.2, 0.25) is 0 Å². The highest BCUT2D eigenvalue weighted by Crippen LogP contribution is 2.12. The van der Waals surface area contributed by atoms with Crippen LogP contribution >= 0.6 is 0 Å². The molecule has 0 bridgehead atoms. The molecule has 2 rings (SSSR count). The number of likely N-dealkylation sites (tertiary alicyclic amines) is 1. The third kappa shape index (κ3) is 6.55. The zero-order valence-corrected chi connectivity index (χ0v) is 15.6. The van der Waals surface area contributed by atoms with Crippen molar-refractivity contribution in [2.24, 2.45) is 0 Å². The Morgan fingerprint density at radius 2 is 1.88 bits per heavy atom. The highest BCUT2D eigenvalue weighted by atomic mass is 16.6. The summed E-state index contributed by atoms with van der Waals surface area (Å²) in [6.07, 6.45) is 1.71. The van der Waals surface area contributed by atoms with Gasteiger partial charge in [0.25, 0.3) is 0 Å². The first kappa shape index (κ1) is 20.0. The lowest BCUT2D eigenvalue weighted by Gasteiger charge is -2.31. The van der Waals surface area contributed by atoms with E-state index in [0.29, 0.717) is 32.7 Å². The third-order valence-electron chi connectivity index (χ3n) is 4.40. The van der Waals surface area contributed by atoms with Crippen molar-refractivity contribution in [2.45, 2.75) is 38.8 Å². The number of nitrogens with one attached hydrogen (secondary N) is 2. The van der Waals surface area contributed by atoms with E-state index >= 15 is 0 Å². The molecule has 7 heteroatoms. The van der Waals surface area contributed by atoms with Crippen molar-refractivity contribution < 1.29 is 19.1 Å². The highest BCUT2D eigenvalue weighted by molar-refractivity contribution is 5.76. The van der Waals surface area contributed by atoms with Crippen molar-refractivity contribution in [3.63, 3.8) is 0 Å². The topological polar surface area (TPSA) is 79.9 Å². The molecule has 1 aromatic carbocycles. The molecule has 1 fully saturated rings. The molecule has 1 aromatic rings. The standard InChI is InChI=1S/C19H29N3O4/c1-3-26-19(24)22-12-9-16(10-13-22)21-18(23)8-11-20-14-15-4-6-17(25-2)7-5-15/h4-7,16,20H,3,8-14H2,1-2H3,(H,21,23). The summed E-state index contributed by atoms with van der Waals surface area (Å²) in [5.74, 6) is 0.879. The second-order valence-corrected chi connectivity index (χ2v) is 6.30. The first-order chi connectivity index (χ1) is 12.6. The molecule has 2 amide bonds. The van der Waals surface area contributed by atoms with E-state index in [1.165, 1.54) is 0 Å². The molecule has 1 aliphatic rings. The maximum atomic E-state index is 12.1. The smallest absolute Gasteiger partial charge is 0.409 e. The molecule has 0 radical (unpaired) electrons. The van der Waals surface area contributed by atoms with Crippen LogP contribution in [0.25, 0.3) is 0 Å². The number of carbonyl (C=O) groups is 2. The SMILES string of the molecule is CCOC(=O)N1CCC(NC(=O)CCNCc2ccc(OC)cc2)CC1. The van der Waals surface area contributed by atoms with E-state index < -0.39 is 0 Å². The molecule has 1 heterocycles. The number of hydrogen-bond acceptors (Lipinski definition) is 5. The maximum absolute atomic E-state index is 12.1. The number of amides is 2. The molecule has 0 aliphatic carbocycles. The predicted molar refractivity (Wildman–Crippen MR) is 99.1 cm³/mol. The van der Waals surface area contributed by atoms with Gasteiger partial charge in [0, 0.05) is 38.6 Å². The molecule has 26 heavy (non-hydrogen) atoms. The summed E-state index contributed by atoms with van der Waals surface area (Å²) < 4.78 is 10.1. The molecule has 0 spiro atoms. The predicted octanol–water partition coefficient (Wildman–Crippen LogP) is 1.91. The largest absolute Gasteiger partial charge is 0.497 e. The van der Waals surface area contributed by atoms with Crippen molar-refractivity contribution in [3.05, 3.63) is 29.8 Å². The first-order valence-electron chi connectivity index (χ1n) is 9.17. The van der Waals surface area contributed by atoms with E-state index in [1.807, 2.05) is 24.3 Å². The number of hydrogen-bond donors (Lipinski definition) is 2. The van der Waals surface area contributed by atoms with Crippen LogP contribution in [0.4, 0.5) is 4.79 Å². The summed E-state index contributed by atoms with van der Waals surface area (Å²) in [7, 11) is 1.65. The van der Waals surface area contributed by atoms with Crippen LogP contribution in [0.15, 0.2) is 24.3 Å². The summed E-state index contributed by atoms with van der Waals surface area (Å²) >= 11 is 0. The third-order valence-corrected chi connectivity index (χ3v) is 4.40. The first-order valence-corrected chi connectivity index (χ1v) is 9.17. The molecule has 2 N–H and O–H groups in total. The van der Waals surface area contributed by atoms with Crippen molar-refractivity contribution in [2.75, 3.05) is 33.4 Å². The van der Waals surface area contributed by atoms with E-state index in [-0.39, 0.29) is 18.0 Å². The van der Waals surface area contributed by atoms with E-state index in [4.69, 9.17) is 9.47 Å². The minimum atomic E-state index is -0.264. The second kappa shape index (κ2) is 10.7. The van der Waals surface area contributed by atoms with Gasteiger partial charge in [-0.3, -0.25) is 4.79 Å². The zero-order chi connectivity index (χ0) is 18.8. The zero-order valence-electron chi connectivity index (χ0n) is 15.6. The molecule has 1 saturated heterocycles. The number of methoxy groups -OCH3 is 1. The van der Waals surface area contributed by atoms with Crippen molar-refractivity contribution in [3.8, 4) is 5.75 Å². The Kier molecular flexibility index (Phi) is 8.21. The van der Waals surface area contributed by atoms with Crippen LogP contribution in [-0.4, -0.2) is 56.3 Å². The van der Waals surface area contributed by atoms with Crippen LogP contribution < -0.4 is 15.4 Å². The Bertz CT molecular complexity index is 569. The minimum absolute atomic E-state index is 0.0433. The molecular weight excluding hydrogens is 334 g/mol. The molecule has 0 unspecified atom stereocenters. The number of rotatable bonds is 8. The number of nitrogens with zero attached hydrogens (tertiary/aromatic N) is 1. The molecule has 144 valence electrons. The van der Waals surface area contributed by atoms with Gasteiger partial charge < -0.3 is 25.0 Å². The van der Waals surface area contributed by atoms with Crippen LogP contribution in [0.1, 0.15) is 31.7 Å². The van der Waals surface area contributed by atoms with E-state index in [0.717, 1.165) is 30.7 Å². The monoisotopic (exact) mass is 363 g/mol. The summed E-state index contributed by atoms with van der Waals surface area (Å²) in [4.78, 5) is 25.4. The van der Waals surface area contributed by atoms with Crippen LogP contribution in [0, 0.1) is 0 Å². The normalized spacial score (nSPS) is 14.8. The van der Waals surface area contributed by atoms with E-state index in [9.17, 15) is 9.59 Å². The number of benzene rings is 1. The summed E-state index contributed by atoms with van der Waals surface area (Å²) in [6, 6.07) is 7.99. The number of carbonyl (C=O) groups excluding carboxylic acids is 2. The molecule has 0 aromatic heterocycles. The van der Waals surface area contributed by atoms with Gasteiger partial charge in [0.05, 0.1) is 13.7 Å². The average Bonchev–Trinajstić information content (AvgIpc) is 2.66. The van der Waals surface area contributed by atoms with Gasteiger partial charge in [0.1, 0.15) is 5.75 Å². The fraction of sp³-hybridized carbons (Fsp3) is 0.579. The molecular formula is C19H29N3O4. The highest BCUT2D eigenvalue weighted by Gasteiger charge is 2.24. The number of piperidine rings is 1. The van der Waals surface area contributed by atoms with Gasteiger partial charge in [-0.1, -0.05) is 12.1 Å². The Hall–Kier alpha value is -2.28. The van der Waals surface area contributed by atoms with Crippen LogP contribution in [0.3, 0.4) is 0 Å². The van der Waals surface area contributed by atoms with Gasteiger partial charge in [0.15, 0.2) is 0 Å². The molecule has 0 saturated carbocycles. The lowest BCUT2D eigenvalue weighted by Crippen LogP contribution is -2.47. The summed E-state index contributed by atoms with van der Waals surface area (Å²) in [5.41, 5.74) is 1.15. The minimum Gasteiger partial charge on any atom is -0.497 e. The number of ether oxygens (including phenoxy) is 2. The van der Waals surface area contributed by atoms with Crippen LogP contribution in [0.5, 0.6) is 5.75 Å². The van der Waals surface area contributed by atoms with Gasteiger partial charge >= 0.3 is 6.09 Å². The van der Waals surface area contributed by atoms with Gasteiger partial charge in [-0.25, -0.2) is 4.79 Å². The van der Waals surface area contributed by atoms with Crippen molar-refractivity contribution >= 4 is 12.0 Å². The van der Waals surface area contributed by atoms with Gasteiger partial charge in [-0.2, -0.15) is 0 Å². The average molecular weight is 363 g/mol. The lowest BCUT2D eigenvalue weighted by molar-refractivity contribution is -0.122. The molecule has 1 aliphatic heterocycles. The molecule has 0 atom stereocenters.